The Morgan fingerprint density at radius 1 is 1.19 bits per heavy atom. The van der Waals surface area contributed by atoms with Crippen molar-refractivity contribution in [1.29, 1.82) is 0 Å². The molecule has 0 aliphatic carbocycles. The molecule has 1 saturated heterocycles. The van der Waals surface area contributed by atoms with Crippen LogP contribution in [0.4, 0.5) is 5.82 Å². The fraction of sp³-hybridized carbons (Fsp3) is 0.500. The fourth-order valence-corrected chi connectivity index (χ4v) is 6.04. The average molecular weight is 526 g/mol. The van der Waals surface area contributed by atoms with E-state index in [0.717, 1.165) is 6.33 Å². The summed E-state index contributed by atoms with van der Waals surface area (Å²) in [6, 6.07) is 0. The lowest BCUT2D eigenvalue weighted by Crippen LogP contribution is -2.29. The molecule has 2 unspecified atom stereocenters. The van der Waals surface area contributed by atoms with Crippen LogP contribution in [0.3, 0.4) is 0 Å². The van der Waals surface area contributed by atoms with Gasteiger partial charge < -0.3 is 35.2 Å². The highest BCUT2D eigenvalue weighted by atomic mass is 35.5. The third kappa shape index (κ3) is 5.86. The molecule has 0 saturated carbocycles. The van der Waals surface area contributed by atoms with Crippen molar-refractivity contribution < 1.29 is 56.3 Å². The Balaban J connectivity index is 1.70. The van der Waals surface area contributed by atoms with Crippen molar-refractivity contribution in [1.82, 2.24) is 19.5 Å². The molecule has 31 heavy (non-hydrogen) atoms. The van der Waals surface area contributed by atoms with Crippen molar-refractivity contribution in [2.45, 2.75) is 23.8 Å². The Morgan fingerprint density at radius 3 is 2.52 bits per heavy atom. The molecular weight excluding hydrogens is 511 g/mol. The maximum Gasteiger partial charge on any atom is 0.490 e. The predicted octanol–water partition coefficient (Wildman–Crippen LogP) is -0.249. The van der Waals surface area contributed by atoms with Crippen LogP contribution in [0.25, 0.3) is 11.2 Å². The van der Waals surface area contributed by atoms with Crippen molar-refractivity contribution in [3.63, 3.8) is 0 Å². The number of nitrogen functional groups attached to an aromatic ring is 1. The minimum Gasteiger partial charge on any atom is -0.390 e. The Kier molecular flexibility index (Phi) is 6.66. The average Bonchev–Trinajstić information content (AvgIpc) is 3.12. The van der Waals surface area contributed by atoms with Crippen molar-refractivity contribution in [2.75, 3.05) is 12.3 Å². The summed E-state index contributed by atoms with van der Waals surface area (Å²) in [7, 11) is -16.6. The van der Waals surface area contributed by atoms with Gasteiger partial charge in [-0.2, -0.15) is 8.62 Å². The molecule has 2 aromatic rings. The summed E-state index contributed by atoms with van der Waals surface area (Å²) in [6.07, 6.45) is -0.608. The molecule has 2 aromatic heterocycles. The maximum atomic E-state index is 11.8. The summed E-state index contributed by atoms with van der Waals surface area (Å²) >= 11 is 6.42. The number of imidazole rings is 1. The number of halogens is 1. The van der Waals surface area contributed by atoms with Gasteiger partial charge in [-0.15, -0.1) is 0 Å². The van der Waals surface area contributed by atoms with Crippen molar-refractivity contribution in [3.05, 3.63) is 12.7 Å². The number of hydrogen-bond acceptors (Lipinski definition) is 12. The maximum absolute atomic E-state index is 11.8. The molecule has 0 radical (unpaired) electrons. The number of aliphatic hydroxyl groups is 1. The lowest BCUT2D eigenvalue weighted by molar-refractivity contribution is -0.0647. The molecule has 3 rings (SSSR count). The highest BCUT2D eigenvalue weighted by Crippen LogP contribution is 2.66. The van der Waals surface area contributed by atoms with Crippen LogP contribution in [0.2, 0.25) is 0 Å². The van der Waals surface area contributed by atoms with E-state index < -0.39 is 47.5 Å². The third-order valence-electron chi connectivity index (χ3n) is 3.76. The minimum absolute atomic E-state index is 0.0618. The highest BCUT2D eigenvalue weighted by Gasteiger charge is 2.49. The SMILES string of the molecule is Nc1ncnc2c1ncn2[C@@]1(Cl)C[C@H](O)[C@@H](COP(=O)(O)OP(=O)(O)OP(=O)(O)O)O1. The second-order valence-corrected chi connectivity index (χ2v) is 11.1. The summed E-state index contributed by atoms with van der Waals surface area (Å²) < 4.78 is 52.1. The van der Waals surface area contributed by atoms with E-state index in [0.29, 0.717) is 0 Å². The van der Waals surface area contributed by atoms with Crippen LogP contribution in [0.1, 0.15) is 6.42 Å². The number of phosphoric ester groups is 1. The zero-order valence-electron chi connectivity index (χ0n) is 14.9. The van der Waals surface area contributed by atoms with E-state index in [1.54, 1.807) is 0 Å². The standard InChI is InChI=1S/C10H15ClN5O12P3/c11-10(16-4-15-7-8(12)13-3-14-9(7)16)1-5(17)6(26-10)2-25-30(21,22)28-31(23,24)27-29(18,19)20/h3-6,17H,1-2H2,(H,21,22)(H,23,24)(H2,12,13,14)(H2,18,19,20)/t5-,6+,10-/m0/s1. The number of aromatic nitrogens is 4. The van der Waals surface area contributed by atoms with E-state index in [-0.39, 0.29) is 23.4 Å². The Morgan fingerprint density at radius 2 is 1.87 bits per heavy atom. The van der Waals surface area contributed by atoms with E-state index in [2.05, 4.69) is 28.1 Å². The number of rotatable bonds is 8. The molecule has 3 heterocycles. The van der Waals surface area contributed by atoms with Crippen molar-refractivity contribution in [3.8, 4) is 0 Å². The van der Waals surface area contributed by atoms with Gasteiger partial charge in [0.2, 0.25) is 5.18 Å². The molecule has 1 aliphatic heterocycles. The molecule has 0 amide bonds. The van der Waals surface area contributed by atoms with Crippen molar-refractivity contribution in [2.24, 2.45) is 0 Å². The third-order valence-corrected chi connectivity index (χ3v) is 7.99. The zero-order chi connectivity index (χ0) is 23.2. The number of aliphatic hydroxyl groups excluding tert-OH is 1. The normalized spacial score (nSPS) is 28.5. The second kappa shape index (κ2) is 8.39. The van der Waals surface area contributed by atoms with Crippen LogP contribution in [0, 0.1) is 0 Å². The Bertz CT molecular complexity index is 1130. The van der Waals surface area contributed by atoms with Crippen LogP contribution in [-0.2, 0) is 36.8 Å². The van der Waals surface area contributed by atoms with Crippen LogP contribution in [0.15, 0.2) is 12.7 Å². The number of fused-ring (bicyclic) bond motifs is 1. The molecule has 0 spiro atoms. The topological polar surface area (TPSA) is 259 Å². The molecule has 21 heteroatoms. The van der Waals surface area contributed by atoms with E-state index in [4.69, 9.17) is 36.8 Å². The van der Waals surface area contributed by atoms with E-state index in [9.17, 15) is 23.7 Å². The summed E-state index contributed by atoms with van der Waals surface area (Å²) in [4.78, 5) is 47.4. The largest absolute Gasteiger partial charge is 0.490 e. The molecular formula is C10H15ClN5O12P3. The van der Waals surface area contributed by atoms with Gasteiger partial charge in [0.05, 0.1) is 12.7 Å². The van der Waals surface area contributed by atoms with Crippen LogP contribution < -0.4 is 5.73 Å². The molecule has 1 aliphatic rings. The molecule has 7 N–H and O–H groups in total. The number of nitrogens with two attached hydrogens (primary N) is 1. The second-order valence-electron chi connectivity index (χ2n) is 6.05. The Labute approximate surface area is 177 Å². The number of phosphoric acid groups is 3. The number of nitrogens with zero attached hydrogens (tertiary/aromatic N) is 4. The first-order valence-electron chi connectivity index (χ1n) is 7.88. The number of hydrogen-bond donors (Lipinski definition) is 6. The van der Waals surface area contributed by atoms with E-state index >= 15 is 0 Å². The minimum atomic E-state index is -5.68. The van der Waals surface area contributed by atoms with Crippen LogP contribution in [-0.4, -0.2) is 63.0 Å². The lowest BCUT2D eigenvalue weighted by Gasteiger charge is -2.24. The van der Waals surface area contributed by atoms with Gasteiger partial charge in [0.25, 0.3) is 0 Å². The van der Waals surface area contributed by atoms with Crippen LogP contribution in [0.5, 0.6) is 0 Å². The molecule has 17 nitrogen and oxygen atoms in total. The van der Waals surface area contributed by atoms with Gasteiger partial charge in [-0.3, -0.25) is 9.09 Å². The highest BCUT2D eigenvalue weighted by molar-refractivity contribution is 7.66. The summed E-state index contributed by atoms with van der Waals surface area (Å²) in [5.41, 5.74) is 6.07. The molecule has 5 atom stereocenters. The van der Waals surface area contributed by atoms with Gasteiger partial charge in [0.15, 0.2) is 11.5 Å². The van der Waals surface area contributed by atoms with Gasteiger partial charge >= 0.3 is 23.5 Å². The molecule has 174 valence electrons. The van der Waals surface area contributed by atoms with Gasteiger partial charge in [-0.05, 0) is 0 Å². The van der Waals surface area contributed by atoms with Crippen LogP contribution >= 0.6 is 35.1 Å². The van der Waals surface area contributed by atoms with Crippen molar-refractivity contribution >= 4 is 52.1 Å². The number of alkyl halides is 1. The zero-order valence-corrected chi connectivity index (χ0v) is 18.3. The van der Waals surface area contributed by atoms with Gasteiger partial charge in [0.1, 0.15) is 24.3 Å². The van der Waals surface area contributed by atoms with E-state index in [1.807, 2.05) is 0 Å². The van der Waals surface area contributed by atoms with E-state index in [1.165, 1.54) is 10.9 Å². The fourth-order valence-electron chi connectivity index (χ4n) is 2.62. The quantitative estimate of drug-likeness (QED) is 0.192. The monoisotopic (exact) mass is 525 g/mol. The molecule has 0 bridgehead atoms. The predicted molar refractivity (Wildman–Crippen MR) is 98.9 cm³/mol. The number of anilines is 1. The van der Waals surface area contributed by atoms with Gasteiger partial charge in [-0.1, -0.05) is 11.6 Å². The molecule has 1 fully saturated rings. The first-order valence-corrected chi connectivity index (χ1v) is 12.8. The van der Waals surface area contributed by atoms with Gasteiger partial charge in [0, 0.05) is 6.42 Å². The Hall–Kier alpha value is -1.03. The smallest absolute Gasteiger partial charge is 0.390 e. The first kappa shape index (κ1) is 24.6. The summed E-state index contributed by atoms with van der Waals surface area (Å²) in [6.45, 7) is -0.886. The summed E-state index contributed by atoms with van der Waals surface area (Å²) in [5.74, 6) is 0.0618. The first-order chi connectivity index (χ1) is 14.1. The lowest BCUT2D eigenvalue weighted by atomic mass is 10.2. The summed E-state index contributed by atoms with van der Waals surface area (Å²) in [5, 5.41) is 8.44. The van der Waals surface area contributed by atoms with Gasteiger partial charge in [-0.25, -0.2) is 28.6 Å². The number of ether oxygens (including phenoxy) is 1. The molecule has 0 aromatic carbocycles.